The third-order valence-corrected chi connectivity index (χ3v) is 10.2. The molecule has 7 rings (SSSR count). The molecule has 0 radical (unpaired) electrons. The Morgan fingerprint density at radius 1 is 1.08 bits per heavy atom. The van der Waals surface area contributed by atoms with Crippen LogP contribution in [0.25, 0.3) is 33.7 Å². The van der Waals surface area contributed by atoms with Crippen molar-refractivity contribution in [3.05, 3.63) is 81.7 Å². The third-order valence-electron chi connectivity index (χ3n) is 9.91. The van der Waals surface area contributed by atoms with Gasteiger partial charge in [0.15, 0.2) is 11.4 Å². The summed E-state index contributed by atoms with van der Waals surface area (Å²) in [5.74, 6) is -0.657. The first-order valence-corrected chi connectivity index (χ1v) is 17.2. The summed E-state index contributed by atoms with van der Waals surface area (Å²) in [6.07, 6.45) is 4.49. The molecule has 1 fully saturated rings. The van der Waals surface area contributed by atoms with Crippen LogP contribution in [0, 0.1) is 19.8 Å². The van der Waals surface area contributed by atoms with E-state index in [2.05, 4.69) is 20.1 Å². The molecule has 2 aliphatic heterocycles. The van der Waals surface area contributed by atoms with Gasteiger partial charge in [0.2, 0.25) is 5.89 Å². The van der Waals surface area contributed by atoms with Crippen molar-refractivity contribution in [2.45, 2.75) is 52.8 Å². The fourth-order valence-electron chi connectivity index (χ4n) is 7.26. The molecule has 0 spiro atoms. The Labute approximate surface area is 294 Å². The van der Waals surface area contributed by atoms with Crippen LogP contribution in [0.15, 0.2) is 47.1 Å². The van der Waals surface area contributed by atoms with Gasteiger partial charge in [0.1, 0.15) is 5.52 Å². The van der Waals surface area contributed by atoms with E-state index in [0.717, 1.165) is 57.7 Å². The number of carbonyl (C=O) groups excluding carboxylic acids is 1. The van der Waals surface area contributed by atoms with Crippen molar-refractivity contribution < 1.29 is 24.2 Å². The molecule has 0 bridgehead atoms. The zero-order chi connectivity index (χ0) is 35.3. The van der Waals surface area contributed by atoms with Gasteiger partial charge in [-0.15, -0.1) is 0 Å². The number of hydrogen-bond donors (Lipinski definition) is 3. The normalized spacial score (nSPS) is 17.3. The number of aliphatic carboxylic acids is 1. The van der Waals surface area contributed by atoms with Crippen molar-refractivity contribution in [3.63, 3.8) is 0 Å². The Kier molecular flexibility index (Phi) is 9.21. The zero-order valence-electron chi connectivity index (χ0n) is 28.5. The molecular formula is C37H40ClN7O5. The number of fused-ring (bicyclic) bond motifs is 2. The van der Waals surface area contributed by atoms with Crippen LogP contribution in [0.2, 0.25) is 5.02 Å². The number of benzene rings is 2. The summed E-state index contributed by atoms with van der Waals surface area (Å²) in [6.45, 7) is 9.50. The average Bonchev–Trinajstić information content (AvgIpc) is 3.80. The number of halogens is 1. The maximum Gasteiger partial charge on any atom is 0.307 e. The van der Waals surface area contributed by atoms with Crippen LogP contribution < -0.4 is 5.32 Å². The lowest BCUT2D eigenvalue weighted by molar-refractivity contribution is -0.141. The van der Waals surface area contributed by atoms with Crippen molar-refractivity contribution in [2.75, 3.05) is 31.5 Å². The van der Waals surface area contributed by atoms with Crippen molar-refractivity contribution in [1.29, 1.82) is 0 Å². The second-order valence-electron chi connectivity index (χ2n) is 13.5. The second-order valence-corrected chi connectivity index (χ2v) is 13.9. The van der Waals surface area contributed by atoms with E-state index in [-0.39, 0.29) is 11.8 Å². The number of oxazole rings is 1. The van der Waals surface area contributed by atoms with Crippen LogP contribution in [0.1, 0.15) is 52.0 Å². The number of aromatic nitrogens is 4. The van der Waals surface area contributed by atoms with Gasteiger partial charge in [0.05, 0.1) is 28.3 Å². The Morgan fingerprint density at radius 3 is 2.64 bits per heavy atom. The average molecular weight is 698 g/mol. The fourth-order valence-corrected chi connectivity index (χ4v) is 7.53. The summed E-state index contributed by atoms with van der Waals surface area (Å²) in [7, 11) is 1.87. The number of aliphatic hydroxyl groups excluding tert-OH is 1. The minimum absolute atomic E-state index is 0.290. The molecule has 3 aromatic heterocycles. The van der Waals surface area contributed by atoms with Gasteiger partial charge >= 0.3 is 5.97 Å². The highest BCUT2D eigenvalue weighted by Crippen LogP contribution is 2.37. The quantitative estimate of drug-likeness (QED) is 0.181. The predicted octanol–water partition coefficient (Wildman–Crippen LogP) is 5.46. The highest BCUT2D eigenvalue weighted by Gasteiger charge is 2.29. The van der Waals surface area contributed by atoms with Gasteiger partial charge in [-0.05, 0) is 74.2 Å². The van der Waals surface area contributed by atoms with Crippen molar-refractivity contribution in [3.8, 4) is 22.6 Å². The van der Waals surface area contributed by atoms with E-state index in [1.54, 1.807) is 19.3 Å². The van der Waals surface area contributed by atoms with Crippen LogP contribution in [0.4, 0.5) is 5.69 Å². The van der Waals surface area contributed by atoms with Crippen LogP contribution in [-0.4, -0.2) is 83.7 Å². The van der Waals surface area contributed by atoms with Crippen molar-refractivity contribution in [2.24, 2.45) is 13.0 Å². The van der Waals surface area contributed by atoms with Gasteiger partial charge in [-0.2, -0.15) is 0 Å². The van der Waals surface area contributed by atoms with Gasteiger partial charge in [-0.3, -0.25) is 24.4 Å². The number of hydrogen-bond acceptors (Lipinski definition) is 9. The lowest BCUT2D eigenvalue weighted by Gasteiger charge is -2.27. The second kappa shape index (κ2) is 13.6. The zero-order valence-corrected chi connectivity index (χ0v) is 29.3. The number of likely N-dealkylation sites (tertiary alicyclic amines) is 1. The van der Waals surface area contributed by atoms with Crippen LogP contribution in [0.3, 0.4) is 0 Å². The van der Waals surface area contributed by atoms with E-state index in [4.69, 9.17) is 26.0 Å². The Balaban J connectivity index is 1.13. The number of amides is 1. The Hall–Kier alpha value is -4.62. The molecule has 0 aliphatic carbocycles. The minimum atomic E-state index is -0.759. The molecule has 5 aromatic rings. The van der Waals surface area contributed by atoms with Crippen LogP contribution >= 0.6 is 11.6 Å². The Bertz CT molecular complexity index is 2120. The highest BCUT2D eigenvalue weighted by molar-refractivity contribution is 6.34. The topological polar surface area (TPSA) is 150 Å². The standard InChI is InChI=1S/C37H40ClN7O5/c1-20(46)16-44-11-9-32-31(19-44)40-34(43(32)4)35(47)41-29-7-5-6-25(22(29)3)26-14-39-15-27(21(26)2)36-42-30-13-23(12-28(38)33(30)50-36)17-45-10-8-24(18-45)37(48)49/h5-7,12-15,20,24,46H,8-11,16-19H2,1-4H3,(H,41,47)(H,48,49)/t20-,24+/m0/s1. The lowest BCUT2D eigenvalue weighted by atomic mass is 9.95. The van der Waals surface area contributed by atoms with E-state index in [1.807, 2.05) is 55.8 Å². The molecule has 1 saturated heterocycles. The number of pyridine rings is 1. The molecule has 5 heterocycles. The molecule has 2 atom stereocenters. The Morgan fingerprint density at radius 2 is 1.88 bits per heavy atom. The molecule has 50 heavy (non-hydrogen) atoms. The summed E-state index contributed by atoms with van der Waals surface area (Å²) in [5.41, 5.74) is 8.90. The van der Waals surface area contributed by atoms with Gasteiger partial charge < -0.3 is 24.5 Å². The largest absolute Gasteiger partial charge is 0.481 e. The summed E-state index contributed by atoms with van der Waals surface area (Å²) >= 11 is 6.67. The van der Waals surface area contributed by atoms with Gasteiger partial charge in [-0.25, -0.2) is 9.97 Å². The van der Waals surface area contributed by atoms with Crippen LogP contribution in [0.5, 0.6) is 0 Å². The molecule has 2 aromatic carbocycles. The summed E-state index contributed by atoms with van der Waals surface area (Å²) in [6, 6.07) is 9.57. The maximum atomic E-state index is 13.6. The number of carbonyl (C=O) groups is 2. The molecule has 13 heteroatoms. The number of rotatable bonds is 9. The van der Waals surface area contributed by atoms with E-state index in [1.165, 1.54) is 0 Å². The maximum absolute atomic E-state index is 13.6. The SMILES string of the molecule is Cc1c(NC(=O)c2nc3c(n2C)CCN(C[C@H](C)O)C3)cccc1-c1cncc(-c2nc3cc(CN4CC[C@@H](C(=O)O)C4)cc(Cl)c3o2)c1C. The number of β-amino-alcohol motifs (C(OH)–C–C–N with tert-alkyl or cyclic N) is 1. The smallest absolute Gasteiger partial charge is 0.307 e. The van der Waals surface area contributed by atoms with Crippen LogP contribution in [-0.2, 0) is 31.4 Å². The molecule has 2 aliphatic rings. The first-order chi connectivity index (χ1) is 24.0. The van der Waals surface area contributed by atoms with E-state index < -0.39 is 12.1 Å². The highest BCUT2D eigenvalue weighted by atomic mass is 35.5. The van der Waals surface area contributed by atoms with Gasteiger partial charge in [-0.1, -0.05) is 23.7 Å². The predicted molar refractivity (Wildman–Crippen MR) is 190 cm³/mol. The molecular weight excluding hydrogens is 658 g/mol. The molecule has 1 amide bonds. The third kappa shape index (κ3) is 6.51. The number of imidazole rings is 1. The monoisotopic (exact) mass is 697 g/mol. The van der Waals surface area contributed by atoms with E-state index >= 15 is 0 Å². The number of carboxylic acids is 1. The molecule has 3 N–H and O–H groups in total. The number of carboxylic acid groups (broad SMARTS) is 1. The van der Waals surface area contributed by atoms with Crippen molar-refractivity contribution >= 4 is 40.3 Å². The first-order valence-electron chi connectivity index (χ1n) is 16.8. The molecule has 12 nitrogen and oxygen atoms in total. The number of aliphatic hydroxyl groups is 1. The summed E-state index contributed by atoms with van der Waals surface area (Å²) < 4.78 is 8.07. The van der Waals surface area contributed by atoms with E-state index in [9.17, 15) is 19.8 Å². The summed E-state index contributed by atoms with van der Waals surface area (Å²) in [4.78, 5) is 43.3. The molecule has 0 unspecified atom stereocenters. The number of anilines is 1. The number of nitrogens with one attached hydrogen (secondary N) is 1. The lowest BCUT2D eigenvalue weighted by Crippen LogP contribution is -2.36. The van der Waals surface area contributed by atoms with Gasteiger partial charge in [0, 0.05) is 75.5 Å². The van der Waals surface area contributed by atoms with Crippen molar-refractivity contribution in [1.82, 2.24) is 29.3 Å². The minimum Gasteiger partial charge on any atom is -0.481 e. The summed E-state index contributed by atoms with van der Waals surface area (Å²) in [5, 5.41) is 22.7. The van der Waals surface area contributed by atoms with E-state index in [0.29, 0.717) is 72.7 Å². The number of nitrogens with zero attached hydrogens (tertiary/aromatic N) is 6. The molecule has 260 valence electrons. The first kappa shape index (κ1) is 33.9. The van der Waals surface area contributed by atoms with Gasteiger partial charge in [0.25, 0.3) is 5.91 Å². The fraction of sp³-hybridized carbons (Fsp3) is 0.378. The molecule has 0 saturated carbocycles.